The molecular weight excluding hydrogens is 154 g/mol. The highest BCUT2D eigenvalue weighted by molar-refractivity contribution is 7.79. The molecule has 1 heterocycles. The van der Waals surface area contributed by atoms with E-state index in [2.05, 4.69) is 4.98 Å². The van der Waals surface area contributed by atoms with Crippen LogP contribution in [0.4, 0.5) is 0 Å². The van der Waals surface area contributed by atoms with Gasteiger partial charge in [-0.1, -0.05) is 0 Å². The van der Waals surface area contributed by atoms with E-state index in [1.165, 1.54) is 6.07 Å². The largest absolute Gasteiger partial charge is 0.768 e. The molecular formula is C5H4NO3S-. The number of nitrogens with one attached hydrogen (secondary N) is 1. The Labute approximate surface area is 59.2 Å². The Kier molecular flexibility index (Phi) is 1.98. The summed E-state index contributed by atoms with van der Waals surface area (Å²) in [5, 5.41) is 0. The summed E-state index contributed by atoms with van der Waals surface area (Å²) in [5.41, 5.74) is -0.311. The zero-order chi connectivity index (χ0) is 7.56. The van der Waals surface area contributed by atoms with Crippen LogP contribution in [0.3, 0.4) is 0 Å². The van der Waals surface area contributed by atoms with Crippen molar-refractivity contribution in [3.63, 3.8) is 0 Å². The molecule has 1 unspecified atom stereocenters. The SMILES string of the molecule is O=c1ccc(S(=O)[O-])c[nH]1. The second-order valence-electron chi connectivity index (χ2n) is 1.62. The minimum absolute atomic E-state index is 0.0830. The molecule has 0 aliphatic rings. The summed E-state index contributed by atoms with van der Waals surface area (Å²) in [6.07, 6.45) is 1.14. The van der Waals surface area contributed by atoms with Crippen LogP contribution >= 0.6 is 0 Å². The van der Waals surface area contributed by atoms with Gasteiger partial charge in [-0.25, -0.2) is 0 Å². The monoisotopic (exact) mass is 158 g/mol. The van der Waals surface area contributed by atoms with Gasteiger partial charge in [0.05, 0.1) is 0 Å². The number of aromatic amines is 1. The summed E-state index contributed by atoms with van der Waals surface area (Å²) in [6.45, 7) is 0. The van der Waals surface area contributed by atoms with Crippen LogP contribution in [-0.2, 0) is 11.1 Å². The molecule has 0 aromatic carbocycles. The lowest BCUT2D eigenvalue weighted by Crippen LogP contribution is -2.03. The molecule has 1 aromatic rings. The van der Waals surface area contributed by atoms with E-state index >= 15 is 0 Å². The molecule has 0 fully saturated rings. The topological polar surface area (TPSA) is 73.0 Å². The van der Waals surface area contributed by atoms with E-state index in [9.17, 15) is 13.6 Å². The Morgan fingerprint density at radius 1 is 1.50 bits per heavy atom. The molecule has 10 heavy (non-hydrogen) atoms. The van der Waals surface area contributed by atoms with Gasteiger partial charge < -0.3 is 9.54 Å². The number of rotatable bonds is 1. The third-order valence-corrected chi connectivity index (χ3v) is 1.59. The first-order valence-electron chi connectivity index (χ1n) is 2.48. The predicted molar refractivity (Wildman–Crippen MR) is 34.2 cm³/mol. The molecule has 0 saturated heterocycles. The fraction of sp³-hybridized carbons (Fsp3) is 0. The summed E-state index contributed by atoms with van der Waals surface area (Å²) in [4.78, 5) is 12.7. The molecule has 0 spiro atoms. The maximum absolute atomic E-state index is 10.4. The second kappa shape index (κ2) is 2.76. The van der Waals surface area contributed by atoms with Gasteiger partial charge in [0.25, 0.3) is 0 Å². The van der Waals surface area contributed by atoms with Gasteiger partial charge in [-0.15, -0.1) is 0 Å². The van der Waals surface area contributed by atoms with Crippen molar-refractivity contribution in [1.82, 2.24) is 4.98 Å². The van der Waals surface area contributed by atoms with Crippen LogP contribution in [-0.4, -0.2) is 13.7 Å². The number of H-pyrrole nitrogens is 1. The van der Waals surface area contributed by atoms with Crippen molar-refractivity contribution in [2.45, 2.75) is 4.90 Å². The molecule has 0 amide bonds. The molecule has 4 nitrogen and oxygen atoms in total. The Balaban J connectivity index is 3.12. The first kappa shape index (κ1) is 7.17. The standard InChI is InChI=1S/C5H5NO3S/c7-5-2-1-4(3-6-5)10(8)9/h1-3H,(H,6,7)(H,8,9)/p-1. The van der Waals surface area contributed by atoms with Crippen molar-refractivity contribution in [2.75, 3.05) is 0 Å². The molecule has 5 heteroatoms. The van der Waals surface area contributed by atoms with Gasteiger partial charge >= 0.3 is 0 Å². The van der Waals surface area contributed by atoms with E-state index in [4.69, 9.17) is 0 Å². The Morgan fingerprint density at radius 2 is 2.20 bits per heavy atom. The van der Waals surface area contributed by atoms with Crippen LogP contribution in [0.15, 0.2) is 28.0 Å². The van der Waals surface area contributed by atoms with E-state index < -0.39 is 11.1 Å². The smallest absolute Gasteiger partial charge is 0.247 e. The van der Waals surface area contributed by atoms with Gasteiger partial charge in [0.15, 0.2) is 0 Å². The summed E-state index contributed by atoms with van der Waals surface area (Å²) in [5.74, 6) is 0. The quantitative estimate of drug-likeness (QED) is 0.566. The lowest BCUT2D eigenvalue weighted by Gasteiger charge is -2.01. The number of aromatic nitrogens is 1. The van der Waals surface area contributed by atoms with Gasteiger partial charge in [0.1, 0.15) is 0 Å². The third kappa shape index (κ3) is 1.52. The molecule has 54 valence electrons. The maximum Gasteiger partial charge on any atom is 0.247 e. The van der Waals surface area contributed by atoms with E-state index in [0.29, 0.717) is 0 Å². The van der Waals surface area contributed by atoms with Crippen LogP contribution in [0.25, 0.3) is 0 Å². The fourth-order valence-electron chi connectivity index (χ4n) is 0.500. The fourth-order valence-corrected chi connectivity index (χ4v) is 0.834. The van der Waals surface area contributed by atoms with Crippen molar-refractivity contribution in [3.8, 4) is 0 Å². The molecule has 0 aliphatic heterocycles. The van der Waals surface area contributed by atoms with E-state index in [-0.39, 0.29) is 10.5 Å². The zero-order valence-electron chi connectivity index (χ0n) is 4.87. The van der Waals surface area contributed by atoms with Gasteiger partial charge in [0, 0.05) is 17.2 Å². The lowest BCUT2D eigenvalue weighted by molar-refractivity contribution is 0.536. The number of hydrogen-bond donors (Lipinski definition) is 1. The Hall–Kier alpha value is -0.940. The van der Waals surface area contributed by atoms with Crippen molar-refractivity contribution in [2.24, 2.45) is 0 Å². The predicted octanol–water partition coefficient (Wildman–Crippen LogP) is -0.387. The lowest BCUT2D eigenvalue weighted by atomic mass is 10.5. The number of hydrogen-bond acceptors (Lipinski definition) is 3. The molecule has 0 aliphatic carbocycles. The molecule has 0 radical (unpaired) electrons. The van der Waals surface area contributed by atoms with Crippen LogP contribution in [0, 0.1) is 0 Å². The maximum atomic E-state index is 10.4. The van der Waals surface area contributed by atoms with Gasteiger partial charge in [-0.05, 0) is 17.1 Å². The van der Waals surface area contributed by atoms with E-state index in [1.54, 1.807) is 0 Å². The molecule has 1 atom stereocenters. The van der Waals surface area contributed by atoms with Gasteiger partial charge in [0.2, 0.25) is 5.56 Å². The Bertz CT molecular complexity index is 286. The summed E-state index contributed by atoms with van der Waals surface area (Å²) in [6, 6.07) is 2.40. The highest BCUT2D eigenvalue weighted by atomic mass is 32.2. The van der Waals surface area contributed by atoms with E-state index in [0.717, 1.165) is 12.3 Å². The Morgan fingerprint density at radius 3 is 2.60 bits per heavy atom. The van der Waals surface area contributed by atoms with Gasteiger partial charge in [-0.2, -0.15) is 0 Å². The second-order valence-corrected chi connectivity index (χ2v) is 2.56. The summed E-state index contributed by atoms with van der Waals surface area (Å²) in [7, 11) is 0. The highest BCUT2D eigenvalue weighted by Gasteiger charge is 1.88. The minimum Gasteiger partial charge on any atom is -0.768 e. The normalized spacial score (nSPS) is 12.9. The van der Waals surface area contributed by atoms with Crippen molar-refractivity contribution < 1.29 is 8.76 Å². The summed E-state index contributed by atoms with van der Waals surface area (Å²) >= 11 is -2.26. The van der Waals surface area contributed by atoms with Crippen molar-refractivity contribution in [1.29, 1.82) is 0 Å². The van der Waals surface area contributed by atoms with Crippen molar-refractivity contribution >= 4 is 11.1 Å². The molecule has 0 bridgehead atoms. The molecule has 1 aromatic heterocycles. The average molecular weight is 158 g/mol. The van der Waals surface area contributed by atoms with Crippen molar-refractivity contribution in [3.05, 3.63) is 28.7 Å². The van der Waals surface area contributed by atoms with Crippen LogP contribution < -0.4 is 5.56 Å². The van der Waals surface area contributed by atoms with Crippen LogP contribution in [0.5, 0.6) is 0 Å². The van der Waals surface area contributed by atoms with Crippen LogP contribution in [0.1, 0.15) is 0 Å². The first-order chi connectivity index (χ1) is 4.70. The van der Waals surface area contributed by atoms with Crippen LogP contribution in [0.2, 0.25) is 0 Å². The molecule has 1 rings (SSSR count). The minimum atomic E-state index is -2.26. The molecule has 0 saturated carbocycles. The van der Waals surface area contributed by atoms with Gasteiger partial charge in [-0.3, -0.25) is 9.00 Å². The average Bonchev–Trinajstić information content (AvgIpc) is 1.88. The molecule has 1 N–H and O–H groups in total. The zero-order valence-corrected chi connectivity index (χ0v) is 5.68. The first-order valence-corrected chi connectivity index (χ1v) is 3.55. The summed E-state index contributed by atoms with van der Waals surface area (Å²) < 4.78 is 20.4. The highest BCUT2D eigenvalue weighted by Crippen LogP contribution is 1.96. The number of pyridine rings is 1. The third-order valence-electron chi connectivity index (χ3n) is 0.948. The van der Waals surface area contributed by atoms with E-state index in [1.807, 2.05) is 0 Å².